The minimum absolute atomic E-state index is 0.386. The van der Waals surface area contributed by atoms with Gasteiger partial charge >= 0.3 is 0 Å². The Balaban J connectivity index is 2.02. The second-order valence-corrected chi connectivity index (χ2v) is 5.27. The average Bonchev–Trinajstić information content (AvgIpc) is 2.51. The Morgan fingerprint density at radius 3 is 2.45 bits per heavy atom. The third kappa shape index (κ3) is 3.59. The van der Waals surface area contributed by atoms with E-state index in [2.05, 4.69) is 73.5 Å². The first-order valence-corrected chi connectivity index (χ1v) is 7.69. The summed E-state index contributed by atoms with van der Waals surface area (Å²) in [5.41, 5.74) is 1.39. The molecule has 2 nitrogen and oxygen atoms in total. The third-order valence-electron chi connectivity index (χ3n) is 4.06. The van der Waals surface area contributed by atoms with Crippen molar-refractivity contribution in [2.45, 2.75) is 26.8 Å². The average molecular weight is 270 g/mol. The van der Waals surface area contributed by atoms with Crippen LogP contribution in [0.4, 0.5) is 0 Å². The molecular formula is C18H26N2. The fourth-order valence-corrected chi connectivity index (χ4v) is 2.72. The van der Waals surface area contributed by atoms with E-state index >= 15 is 0 Å². The molecule has 2 heteroatoms. The topological polar surface area (TPSA) is 15.3 Å². The Bertz CT molecular complexity index is 526. The summed E-state index contributed by atoms with van der Waals surface area (Å²) in [6.45, 7) is 11.1. The van der Waals surface area contributed by atoms with Crippen LogP contribution in [0.3, 0.4) is 0 Å². The van der Waals surface area contributed by atoms with Crippen LogP contribution < -0.4 is 5.32 Å². The summed E-state index contributed by atoms with van der Waals surface area (Å²) in [5.74, 6) is 0. The van der Waals surface area contributed by atoms with Gasteiger partial charge in [0, 0.05) is 19.1 Å². The Morgan fingerprint density at radius 1 is 1.00 bits per heavy atom. The number of hydrogen-bond donors (Lipinski definition) is 1. The normalized spacial score (nSPS) is 13.0. The van der Waals surface area contributed by atoms with Gasteiger partial charge in [-0.25, -0.2) is 0 Å². The van der Waals surface area contributed by atoms with E-state index in [4.69, 9.17) is 0 Å². The summed E-state index contributed by atoms with van der Waals surface area (Å²) < 4.78 is 0. The lowest BCUT2D eigenvalue weighted by molar-refractivity contribution is 0.298. The number of benzene rings is 2. The number of likely N-dealkylation sites (N-methyl/N-ethyl adjacent to an activating group) is 1. The van der Waals surface area contributed by atoms with E-state index < -0.39 is 0 Å². The van der Waals surface area contributed by atoms with Gasteiger partial charge < -0.3 is 10.2 Å². The SMILES string of the molecule is CCN(CC)CCNC(C)c1cccc2ccccc12. The molecule has 0 spiro atoms. The first-order chi connectivity index (χ1) is 9.76. The van der Waals surface area contributed by atoms with Crippen LogP contribution in [0.2, 0.25) is 0 Å². The minimum atomic E-state index is 0.386. The van der Waals surface area contributed by atoms with Crippen molar-refractivity contribution in [3.05, 3.63) is 48.0 Å². The van der Waals surface area contributed by atoms with Crippen molar-refractivity contribution in [1.82, 2.24) is 10.2 Å². The summed E-state index contributed by atoms with van der Waals surface area (Å²) in [6, 6.07) is 15.6. The van der Waals surface area contributed by atoms with Gasteiger partial charge in [-0.3, -0.25) is 0 Å². The summed E-state index contributed by atoms with van der Waals surface area (Å²) in [5, 5.41) is 6.33. The maximum atomic E-state index is 3.65. The molecule has 108 valence electrons. The molecule has 0 aliphatic rings. The summed E-state index contributed by atoms with van der Waals surface area (Å²) in [6.07, 6.45) is 0. The van der Waals surface area contributed by atoms with Crippen molar-refractivity contribution in [2.24, 2.45) is 0 Å². The molecule has 0 saturated carbocycles. The first-order valence-electron chi connectivity index (χ1n) is 7.69. The molecule has 0 amide bonds. The van der Waals surface area contributed by atoms with E-state index in [9.17, 15) is 0 Å². The van der Waals surface area contributed by atoms with Gasteiger partial charge in [0.05, 0.1) is 0 Å². The van der Waals surface area contributed by atoms with Crippen LogP contribution in [-0.4, -0.2) is 31.1 Å². The fourth-order valence-electron chi connectivity index (χ4n) is 2.72. The molecule has 0 aliphatic heterocycles. The quantitative estimate of drug-likeness (QED) is 0.822. The third-order valence-corrected chi connectivity index (χ3v) is 4.06. The molecule has 1 N–H and O–H groups in total. The van der Waals surface area contributed by atoms with Crippen LogP contribution >= 0.6 is 0 Å². The second kappa shape index (κ2) is 7.41. The van der Waals surface area contributed by atoms with Gasteiger partial charge in [-0.05, 0) is 36.3 Å². The number of fused-ring (bicyclic) bond motifs is 1. The van der Waals surface area contributed by atoms with Crippen molar-refractivity contribution in [3.63, 3.8) is 0 Å². The lowest BCUT2D eigenvalue weighted by Crippen LogP contribution is -2.33. The van der Waals surface area contributed by atoms with Crippen LogP contribution in [0.15, 0.2) is 42.5 Å². The highest BCUT2D eigenvalue weighted by Crippen LogP contribution is 2.23. The fraction of sp³-hybridized carbons (Fsp3) is 0.444. The van der Waals surface area contributed by atoms with E-state index in [-0.39, 0.29) is 0 Å². The highest BCUT2D eigenvalue weighted by atomic mass is 15.1. The zero-order valence-corrected chi connectivity index (χ0v) is 12.9. The molecule has 0 saturated heterocycles. The Labute approximate surface area is 122 Å². The standard InChI is InChI=1S/C18H26N2/c1-4-20(5-2)14-13-19-15(3)17-12-8-10-16-9-6-7-11-18(16)17/h6-12,15,19H,4-5,13-14H2,1-3H3. The summed E-state index contributed by atoms with van der Waals surface area (Å²) >= 11 is 0. The lowest BCUT2D eigenvalue weighted by atomic mass is 10.00. The van der Waals surface area contributed by atoms with Gasteiger partial charge in [0.25, 0.3) is 0 Å². The Hall–Kier alpha value is -1.38. The molecule has 0 fully saturated rings. The van der Waals surface area contributed by atoms with Gasteiger partial charge in [-0.15, -0.1) is 0 Å². The number of rotatable bonds is 7. The predicted molar refractivity (Wildman–Crippen MR) is 88.2 cm³/mol. The second-order valence-electron chi connectivity index (χ2n) is 5.27. The summed E-state index contributed by atoms with van der Waals surface area (Å²) in [4.78, 5) is 2.45. The first kappa shape index (κ1) is 15.0. The number of nitrogens with one attached hydrogen (secondary N) is 1. The maximum absolute atomic E-state index is 3.65. The van der Waals surface area contributed by atoms with Crippen molar-refractivity contribution in [1.29, 1.82) is 0 Å². The van der Waals surface area contributed by atoms with Crippen molar-refractivity contribution >= 4 is 10.8 Å². The van der Waals surface area contributed by atoms with Crippen LogP contribution in [0.1, 0.15) is 32.4 Å². The molecule has 0 heterocycles. The maximum Gasteiger partial charge on any atom is 0.0298 e. The van der Waals surface area contributed by atoms with Gasteiger partial charge in [-0.1, -0.05) is 56.3 Å². The summed E-state index contributed by atoms with van der Waals surface area (Å²) in [7, 11) is 0. The van der Waals surface area contributed by atoms with E-state index in [1.807, 2.05) is 0 Å². The monoisotopic (exact) mass is 270 g/mol. The molecule has 0 bridgehead atoms. The Morgan fingerprint density at radius 2 is 1.70 bits per heavy atom. The molecule has 2 aromatic carbocycles. The molecule has 2 rings (SSSR count). The molecule has 0 aromatic heterocycles. The molecule has 0 radical (unpaired) electrons. The zero-order chi connectivity index (χ0) is 14.4. The van der Waals surface area contributed by atoms with Gasteiger partial charge in [-0.2, -0.15) is 0 Å². The largest absolute Gasteiger partial charge is 0.309 e. The smallest absolute Gasteiger partial charge is 0.0298 e. The number of hydrogen-bond acceptors (Lipinski definition) is 2. The zero-order valence-electron chi connectivity index (χ0n) is 12.9. The van der Waals surface area contributed by atoms with Crippen molar-refractivity contribution in [3.8, 4) is 0 Å². The minimum Gasteiger partial charge on any atom is -0.309 e. The molecule has 1 atom stereocenters. The lowest BCUT2D eigenvalue weighted by Gasteiger charge is -2.21. The van der Waals surface area contributed by atoms with E-state index in [0.29, 0.717) is 6.04 Å². The van der Waals surface area contributed by atoms with E-state index in [1.165, 1.54) is 16.3 Å². The molecular weight excluding hydrogens is 244 g/mol. The number of nitrogens with zero attached hydrogens (tertiary/aromatic N) is 1. The highest BCUT2D eigenvalue weighted by molar-refractivity contribution is 5.86. The van der Waals surface area contributed by atoms with Crippen molar-refractivity contribution < 1.29 is 0 Å². The highest BCUT2D eigenvalue weighted by Gasteiger charge is 2.08. The molecule has 0 aliphatic carbocycles. The van der Waals surface area contributed by atoms with Crippen LogP contribution in [0, 0.1) is 0 Å². The molecule has 1 unspecified atom stereocenters. The Kier molecular flexibility index (Phi) is 5.57. The van der Waals surface area contributed by atoms with Crippen molar-refractivity contribution in [2.75, 3.05) is 26.2 Å². The van der Waals surface area contributed by atoms with Crippen LogP contribution in [0.5, 0.6) is 0 Å². The van der Waals surface area contributed by atoms with Gasteiger partial charge in [0.15, 0.2) is 0 Å². The molecule has 2 aromatic rings. The van der Waals surface area contributed by atoms with Crippen LogP contribution in [-0.2, 0) is 0 Å². The van der Waals surface area contributed by atoms with Gasteiger partial charge in [0.2, 0.25) is 0 Å². The van der Waals surface area contributed by atoms with E-state index in [1.54, 1.807) is 0 Å². The molecule has 20 heavy (non-hydrogen) atoms. The van der Waals surface area contributed by atoms with E-state index in [0.717, 1.165) is 26.2 Å². The van der Waals surface area contributed by atoms with Gasteiger partial charge in [0.1, 0.15) is 0 Å². The predicted octanol–water partition coefficient (Wildman–Crippen LogP) is 3.83. The van der Waals surface area contributed by atoms with Crippen LogP contribution in [0.25, 0.3) is 10.8 Å².